The van der Waals surface area contributed by atoms with E-state index in [0.29, 0.717) is 5.41 Å². The van der Waals surface area contributed by atoms with Crippen LogP contribution in [0, 0.1) is 24.2 Å². The highest BCUT2D eigenvalue weighted by Crippen LogP contribution is 2.60. The lowest BCUT2D eigenvalue weighted by Crippen LogP contribution is -2.36. The van der Waals surface area contributed by atoms with Crippen LogP contribution in [0.5, 0.6) is 0 Å². The summed E-state index contributed by atoms with van der Waals surface area (Å²) in [6.45, 7) is 9.44. The molecule has 0 aromatic carbocycles. The Morgan fingerprint density at radius 3 is 2.65 bits per heavy atom. The minimum Gasteiger partial charge on any atom is -0.316 e. The fraction of sp³-hybridized carbons (Fsp3) is 0.812. The van der Waals surface area contributed by atoms with Gasteiger partial charge in [-0.25, -0.2) is 0 Å². The molecule has 2 aliphatic rings. The van der Waals surface area contributed by atoms with Crippen molar-refractivity contribution in [1.29, 1.82) is 0 Å². The van der Waals surface area contributed by atoms with Crippen LogP contribution in [0.4, 0.5) is 0 Å². The van der Waals surface area contributed by atoms with Crippen LogP contribution in [0.2, 0.25) is 5.02 Å². The van der Waals surface area contributed by atoms with Gasteiger partial charge in [-0.1, -0.05) is 18.5 Å². The van der Waals surface area contributed by atoms with Gasteiger partial charge in [-0.15, -0.1) is 0 Å². The van der Waals surface area contributed by atoms with Crippen molar-refractivity contribution in [2.75, 3.05) is 13.1 Å². The van der Waals surface area contributed by atoms with Gasteiger partial charge in [0.2, 0.25) is 0 Å². The Balaban J connectivity index is 1.83. The van der Waals surface area contributed by atoms with Crippen LogP contribution < -0.4 is 5.32 Å². The monoisotopic (exact) mass is 295 g/mol. The second-order valence-corrected chi connectivity index (χ2v) is 7.16. The van der Waals surface area contributed by atoms with Gasteiger partial charge in [0.1, 0.15) is 0 Å². The van der Waals surface area contributed by atoms with Crippen LogP contribution >= 0.6 is 11.6 Å². The van der Waals surface area contributed by atoms with Crippen LogP contribution in [0.1, 0.15) is 44.5 Å². The van der Waals surface area contributed by atoms with Crippen molar-refractivity contribution >= 4 is 11.6 Å². The minimum absolute atomic E-state index is 0.409. The molecule has 0 radical (unpaired) electrons. The van der Waals surface area contributed by atoms with E-state index in [4.69, 9.17) is 11.6 Å². The summed E-state index contributed by atoms with van der Waals surface area (Å²) in [5, 5.41) is 9.05. The highest BCUT2D eigenvalue weighted by atomic mass is 35.5. The number of nitrogens with zero attached hydrogens (tertiary/aromatic N) is 2. The average Bonchev–Trinajstić information content (AvgIpc) is 2.97. The first kappa shape index (κ1) is 14.4. The number of nitrogens with one attached hydrogen (secondary N) is 1. The lowest BCUT2D eigenvalue weighted by molar-refractivity contribution is 0.244. The zero-order chi connectivity index (χ0) is 14.3. The molecule has 1 heterocycles. The van der Waals surface area contributed by atoms with E-state index < -0.39 is 0 Å². The predicted octanol–water partition coefficient (Wildman–Crippen LogP) is 3.43. The summed E-state index contributed by atoms with van der Waals surface area (Å²) in [4.78, 5) is 0. The fourth-order valence-corrected chi connectivity index (χ4v) is 4.34. The van der Waals surface area contributed by atoms with Crippen LogP contribution in [0.15, 0.2) is 0 Å². The van der Waals surface area contributed by atoms with Gasteiger partial charge < -0.3 is 5.32 Å². The molecule has 2 aliphatic carbocycles. The van der Waals surface area contributed by atoms with Crippen LogP contribution in [-0.4, -0.2) is 22.9 Å². The number of aryl methyl sites for hydroxylation is 2. The maximum absolute atomic E-state index is 6.51. The van der Waals surface area contributed by atoms with Crippen molar-refractivity contribution in [1.82, 2.24) is 15.1 Å². The molecular weight excluding hydrogens is 270 g/mol. The predicted molar refractivity (Wildman–Crippen MR) is 83.2 cm³/mol. The van der Waals surface area contributed by atoms with Gasteiger partial charge in [-0.2, -0.15) is 5.10 Å². The maximum Gasteiger partial charge on any atom is 0.0847 e. The van der Waals surface area contributed by atoms with Gasteiger partial charge in [-0.3, -0.25) is 4.68 Å². The number of aromatic nitrogens is 2. The molecule has 1 N–H and O–H groups in total. The van der Waals surface area contributed by atoms with E-state index in [1.165, 1.54) is 25.0 Å². The van der Waals surface area contributed by atoms with Gasteiger partial charge in [0, 0.05) is 13.1 Å². The summed E-state index contributed by atoms with van der Waals surface area (Å²) in [5.41, 5.74) is 2.64. The Morgan fingerprint density at radius 2 is 2.05 bits per heavy atom. The number of halogens is 1. The molecule has 2 saturated carbocycles. The summed E-state index contributed by atoms with van der Waals surface area (Å²) in [6.07, 6.45) is 5.29. The summed E-state index contributed by atoms with van der Waals surface area (Å²) < 4.78 is 2.11. The van der Waals surface area contributed by atoms with Crippen molar-refractivity contribution in [3.05, 3.63) is 16.4 Å². The number of hydrogen-bond donors (Lipinski definition) is 1. The van der Waals surface area contributed by atoms with E-state index in [0.717, 1.165) is 48.6 Å². The molecule has 2 atom stereocenters. The van der Waals surface area contributed by atoms with E-state index in [1.807, 2.05) is 6.92 Å². The Morgan fingerprint density at radius 1 is 1.35 bits per heavy atom. The van der Waals surface area contributed by atoms with Gasteiger partial charge in [0.05, 0.1) is 16.4 Å². The minimum atomic E-state index is 0.409. The van der Waals surface area contributed by atoms with Crippen LogP contribution in [0.25, 0.3) is 0 Å². The third kappa shape index (κ3) is 2.50. The molecule has 3 nitrogen and oxygen atoms in total. The smallest absolute Gasteiger partial charge is 0.0847 e. The van der Waals surface area contributed by atoms with E-state index in [1.54, 1.807) is 0 Å². The van der Waals surface area contributed by atoms with Gasteiger partial charge >= 0.3 is 0 Å². The molecule has 1 aromatic rings. The molecule has 0 amide bonds. The normalized spacial score (nSPS) is 31.6. The highest BCUT2D eigenvalue weighted by Gasteiger charge is 2.53. The Hall–Kier alpha value is -0.540. The Kier molecular flexibility index (Phi) is 3.85. The molecule has 2 fully saturated rings. The van der Waals surface area contributed by atoms with Crippen molar-refractivity contribution in [2.24, 2.45) is 17.3 Å². The topological polar surface area (TPSA) is 29.9 Å². The fourth-order valence-electron chi connectivity index (χ4n) is 4.14. The van der Waals surface area contributed by atoms with Gasteiger partial charge in [-0.05, 0) is 63.3 Å². The van der Waals surface area contributed by atoms with E-state index in [2.05, 4.69) is 28.9 Å². The van der Waals surface area contributed by atoms with Crippen molar-refractivity contribution in [2.45, 2.75) is 53.0 Å². The van der Waals surface area contributed by atoms with Crippen molar-refractivity contribution in [3.63, 3.8) is 0 Å². The van der Waals surface area contributed by atoms with Crippen LogP contribution in [0.3, 0.4) is 0 Å². The molecule has 112 valence electrons. The Labute approximate surface area is 127 Å². The largest absolute Gasteiger partial charge is 0.316 e. The summed E-state index contributed by atoms with van der Waals surface area (Å²) in [5.74, 6) is 1.98. The lowest BCUT2D eigenvalue weighted by atomic mass is 9.78. The Bertz CT molecular complexity index is 484. The number of hydrogen-bond acceptors (Lipinski definition) is 2. The molecule has 1 aromatic heterocycles. The lowest BCUT2D eigenvalue weighted by Gasteiger charge is -2.31. The first-order valence-electron chi connectivity index (χ1n) is 8.01. The molecule has 20 heavy (non-hydrogen) atoms. The van der Waals surface area contributed by atoms with Crippen molar-refractivity contribution in [3.8, 4) is 0 Å². The number of rotatable bonds is 6. The molecule has 2 unspecified atom stereocenters. The highest BCUT2D eigenvalue weighted by molar-refractivity contribution is 6.31. The molecular formula is C16H26ClN3. The van der Waals surface area contributed by atoms with Gasteiger partial charge in [0.15, 0.2) is 0 Å². The maximum atomic E-state index is 6.51. The molecule has 0 aliphatic heterocycles. The molecule has 3 rings (SSSR count). The van der Waals surface area contributed by atoms with Crippen molar-refractivity contribution < 1.29 is 0 Å². The summed E-state index contributed by atoms with van der Waals surface area (Å²) >= 11 is 6.51. The molecule has 0 spiro atoms. The first-order chi connectivity index (χ1) is 9.58. The number of fused-ring (bicyclic) bond motifs is 1. The zero-order valence-corrected chi connectivity index (χ0v) is 13.6. The second kappa shape index (κ2) is 5.34. The standard InChI is InChI=1S/C16H26ClN3/c1-4-18-10-16(7-12-6-13(12)8-16)9-14-15(17)11(3)19-20(14)5-2/h12-13,18H,4-10H2,1-3H3. The summed E-state index contributed by atoms with van der Waals surface area (Å²) in [6, 6.07) is 0. The first-order valence-corrected chi connectivity index (χ1v) is 8.39. The van der Waals surface area contributed by atoms with Crippen LogP contribution in [-0.2, 0) is 13.0 Å². The van der Waals surface area contributed by atoms with E-state index in [9.17, 15) is 0 Å². The van der Waals surface area contributed by atoms with E-state index in [-0.39, 0.29) is 0 Å². The zero-order valence-electron chi connectivity index (χ0n) is 12.9. The quantitative estimate of drug-likeness (QED) is 0.871. The molecule has 4 heteroatoms. The molecule has 0 bridgehead atoms. The van der Waals surface area contributed by atoms with Gasteiger partial charge in [0.25, 0.3) is 0 Å². The second-order valence-electron chi connectivity index (χ2n) is 6.78. The third-order valence-corrected chi connectivity index (χ3v) is 5.70. The average molecular weight is 296 g/mol. The SMILES string of the molecule is CCNCC1(Cc2c(Cl)c(C)nn2CC)CC2CC2C1. The van der Waals surface area contributed by atoms with E-state index >= 15 is 0 Å². The summed E-state index contributed by atoms with van der Waals surface area (Å²) in [7, 11) is 0. The molecule has 0 saturated heterocycles. The third-order valence-electron chi connectivity index (χ3n) is 5.20.